The van der Waals surface area contributed by atoms with E-state index in [1.54, 1.807) is 22.5 Å². The first-order valence-electron chi connectivity index (χ1n) is 12.2. The van der Waals surface area contributed by atoms with E-state index in [2.05, 4.69) is 22.6 Å². The number of halogens is 2. The first kappa shape index (κ1) is 25.3. The van der Waals surface area contributed by atoms with Gasteiger partial charge in [0.25, 0.3) is 0 Å². The number of nitrogens with zero attached hydrogens (tertiary/aromatic N) is 3. The molecule has 2 aliphatic carbocycles. The molecule has 2 saturated carbocycles. The van der Waals surface area contributed by atoms with Crippen molar-refractivity contribution < 1.29 is 28.8 Å². The molecule has 0 amide bonds. The van der Waals surface area contributed by atoms with Crippen molar-refractivity contribution in [1.29, 1.82) is 0 Å². The molecule has 2 fully saturated rings. The number of hydrogen-bond donors (Lipinski definition) is 4. The molecular formula is C25H30F2N4O4S. The third-order valence-corrected chi connectivity index (χ3v) is 8.04. The fourth-order valence-electron chi connectivity index (χ4n) is 4.92. The highest BCUT2D eigenvalue weighted by Gasteiger charge is 2.44. The summed E-state index contributed by atoms with van der Waals surface area (Å²) in [5.74, 6) is -0.713. The van der Waals surface area contributed by atoms with Gasteiger partial charge in [-0.2, -0.15) is 0 Å². The van der Waals surface area contributed by atoms with Crippen LogP contribution in [0.5, 0.6) is 0 Å². The Morgan fingerprint density at radius 3 is 2.72 bits per heavy atom. The molecule has 0 unspecified atom stereocenters. The Kier molecular flexibility index (Phi) is 7.45. The number of fused-ring (bicyclic) bond motifs is 1. The summed E-state index contributed by atoms with van der Waals surface area (Å²) in [4.78, 5) is 1.02. The summed E-state index contributed by atoms with van der Waals surface area (Å²) < 4.78 is 34.2. The monoisotopic (exact) mass is 520 g/mol. The van der Waals surface area contributed by atoms with Crippen molar-refractivity contribution in [2.75, 3.05) is 24.3 Å². The summed E-state index contributed by atoms with van der Waals surface area (Å²) in [6, 6.07) is 7.55. The molecule has 36 heavy (non-hydrogen) atoms. The number of ether oxygens (including phenoxy) is 1. The standard InChI is InChI=1S/C25H30F2N4O4S/c1-2-7-36-14-9-19(28-18-11-15(18)13-3-4-16(26)17(27)8-13)23-20(10-14)31(30-29-23)21-12-22(35-6-5-32)25(34)24(21)33/h3-4,8-10,15,18,21-22,24-25,28,32-34H,2,5-7,11-12H2,1H3/t15-,18-,21+,22-,24-,25+/m0/s1. The highest BCUT2D eigenvalue weighted by molar-refractivity contribution is 7.99. The first-order chi connectivity index (χ1) is 17.4. The Balaban J connectivity index is 1.43. The quantitative estimate of drug-likeness (QED) is 0.302. The van der Waals surface area contributed by atoms with Crippen LogP contribution in [-0.2, 0) is 4.74 Å². The lowest BCUT2D eigenvalue weighted by molar-refractivity contribution is -0.0629. The zero-order valence-electron chi connectivity index (χ0n) is 19.8. The van der Waals surface area contributed by atoms with Gasteiger partial charge in [-0.3, -0.25) is 0 Å². The smallest absolute Gasteiger partial charge is 0.159 e. The third-order valence-electron chi connectivity index (χ3n) is 6.86. The molecule has 11 heteroatoms. The van der Waals surface area contributed by atoms with Crippen molar-refractivity contribution >= 4 is 28.5 Å². The van der Waals surface area contributed by atoms with E-state index in [4.69, 9.17) is 9.84 Å². The van der Waals surface area contributed by atoms with E-state index < -0.39 is 36.0 Å². The molecule has 1 heterocycles. The number of aliphatic hydroxyl groups is 3. The van der Waals surface area contributed by atoms with Gasteiger partial charge in [0, 0.05) is 23.3 Å². The summed E-state index contributed by atoms with van der Waals surface area (Å²) in [7, 11) is 0. The summed E-state index contributed by atoms with van der Waals surface area (Å²) in [5.41, 5.74) is 2.89. The van der Waals surface area contributed by atoms with Crippen molar-refractivity contribution in [2.45, 2.75) is 67.4 Å². The molecule has 8 nitrogen and oxygen atoms in total. The number of nitrogens with one attached hydrogen (secondary N) is 1. The minimum atomic E-state index is -1.10. The molecule has 5 rings (SSSR count). The van der Waals surface area contributed by atoms with Crippen LogP contribution in [0.4, 0.5) is 14.5 Å². The molecule has 2 aromatic carbocycles. The van der Waals surface area contributed by atoms with E-state index in [-0.39, 0.29) is 25.2 Å². The number of aromatic nitrogens is 3. The van der Waals surface area contributed by atoms with Crippen LogP contribution in [0.3, 0.4) is 0 Å². The van der Waals surface area contributed by atoms with E-state index in [0.29, 0.717) is 11.9 Å². The number of anilines is 1. The maximum atomic E-state index is 13.7. The van der Waals surface area contributed by atoms with Crippen molar-refractivity contribution in [1.82, 2.24) is 15.0 Å². The van der Waals surface area contributed by atoms with E-state index >= 15 is 0 Å². The Labute approximate surface area is 211 Å². The van der Waals surface area contributed by atoms with Crippen molar-refractivity contribution in [3.63, 3.8) is 0 Å². The van der Waals surface area contributed by atoms with Gasteiger partial charge < -0.3 is 25.4 Å². The van der Waals surface area contributed by atoms with E-state index in [1.165, 1.54) is 6.07 Å². The Morgan fingerprint density at radius 2 is 1.97 bits per heavy atom. The summed E-state index contributed by atoms with van der Waals surface area (Å²) in [6.07, 6.45) is -0.694. The molecule has 3 aromatic rings. The maximum Gasteiger partial charge on any atom is 0.159 e. The molecule has 2 aliphatic rings. The molecule has 1 aromatic heterocycles. The van der Waals surface area contributed by atoms with Crippen LogP contribution in [-0.4, -0.2) is 73.6 Å². The number of aliphatic hydroxyl groups excluding tert-OH is 3. The van der Waals surface area contributed by atoms with Crippen LogP contribution in [0.25, 0.3) is 11.0 Å². The minimum absolute atomic E-state index is 0.0461. The van der Waals surface area contributed by atoms with Crippen molar-refractivity contribution in [3.05, 3.63) is 47.5 Å². The molecule has 0 bridgehead atoms. The van der Waals surface area contributed by atoms with E-state index in [1.807, 2.05) is 12.1 Å². The summed E-state index contributed by atoms with van der Waals surface area (Å²) in [6.45, 7) is 2.01. The molecule has 0 aliphatic heterocycles. The third kappa shape index (κ3) is 4.95. The molecule has 194 valence electrons. The zero-order chi connectivity index (χ0) is 25.4. The second-order valence-electron chi connectivity index (χ2n) is 9.40. The second-order valence-corrected chi connectivity index (χ2v) is 10.6. The molecular weight excluding hydrogens is 490 g/mol. The minimum Gasteiger partial charge on any atom is -0.394 e. The van der Waals surface area contributed by atoms with Crippen LogP contribution in [0.2, 0.25) is 0 Å². The first-order valence-corrected chi connectivity index (χ1v) is 13.2. The van der Waals surface area contributed by atoms with Crippen LogP contribution in [0, 0.1) is 11.6 Å². The lowest BCUT2D eigenvalue weighted by Gasteiger charge is -2.17. The van der Waals surface area contributed by atoms with Gasteiger partial charge in [0.05, 0.1) is 36.6 Å². The van der Waals surface area contributed by atoms with Gasteiger partial charge >= 0.3 is 0 Å². The average molecular weight is 521 g/mol. The lowest BCUT2D eigenvalue weighted by atomic mass is 10.1. The van der Waals surface area contributed by atoms with Crippen molar-refractivity contribution in [3.8, 4) is 0 Å². The number of benzene rings is 2. The number of rotatable bonds is 10. The van der Waals surface area contributed by atoms with Crippen LogP contribution >= 0.6 is 11.8 Å². The fourth-order valence-corrected chi connectivity index (χ4v) is 5.75. The number of thioether (sulfide) groups is 1. The highest BCUT2D eigenvalue weighted by Crippen LogP contribution is 2.45. The van der Waals surface area contributed by atoms with Gasteiger partial charge in [-0.25, -0.2) is 13.5 Å². The number of hydrogen-bond acceptors (Lipinski definition) is 8. The zero-order valence-corrected chi connectivity index (χ0v) is 20.7. The SMILES string of the molecule is CCCSc1cc(N[C@H]2C[C@H]2c2ccc(F)c(F)c2)c2nnn([C@@H]3C[C@H](OCCO)[C@@H](O)[C@H]3O)c2c1. The van der Waals surface area contributed by atoms with Crippen molar-refractivity contribution in [2.24, 2.45) is 0 Å². The Bertz CT molecular complexity index is 1230. The summed E-state index contributed by atoms with van der Waals surface area (Å²) in [5, 5.41) is 42.5. The lowest BCUT2D eigenvalue weighted by Crippen LogP contribution is -2.33. The Morgan fingerprint density at radius 1 is 1.14 bits per heavy atom. The molecule has 0 spiro atoms. The maximum absolute atomic E-state index is 13.7. The van der Waals surface area contributed by atoms with Gasteiger partial charge in [0.2, 0.25) is 0 Å². The molecule has 6 atom stereocenters. The second kappa shape index (κ2) is 10.6. The van der Waals surface area contributed by atoms with Crippen LogP contribution in [0.1, 0.15) is 43.7 Å². The fraction of sp³-hybridized carbons (Fsp3) is 0.520. The average Bonchev–Trinajstić information content (AvgIpc) is 3.41. The van der Waals surface area contributed by atoms with Gasteiger partial charge in [0.1, 0.15) is 17.7 Å². The van der Waals surface area contributed by atoms with Gasteiger partial charge in [-0.15, -0.1) is 16.9 Å². The molecule has 0 saturated heterocycles. The molecule has 0 radical (unpaired) electrons. The van der Waals surface area contributed by atoms with Crippen LogP contribution in [0.15, 0.2) is 35.2 Å². The van der Waals surface area contributed by atoms with Gasteiger partial charge in [-0.05, 0) is 48.4 Å². The van der Waals surface area contributed by atoms with E-state index in [0.717, 1.165) is 46.3 Å². The van der Waals surface area contributed by atoms with E-state index in [9.17, 15) is 19.0 Å². The summed E-state index contributed by atoms with van der Waals surface area (Å²) >= 11 is 1.70. The topological polar surface area (TPSA) is 113 Å². The van der Waals surface area contributed by atoms with Crippen LogP contribution < -0.4 is 5.32 Å². The normalized spacial score (nSPS) is 27.6. The van der Waals surface area contributed by atoms with Gasteiger partial charge in [0.15, 0.2) is 11.6 Å². The molecule has 4 N–H and O–H groups in total. The predicted molar refractivity (Wildman–Crippen MR) is 132 cm³/mol. The van der Waals surface area contributed by atoms with Gasteiger partial charge in [-0.1, -0.05) is 18.2 Å². The predicted octanol–water partition coefficient (Wildman–Crippen LogP) is 3.22. The Hall–Kier alpha value is -2.31. The largest absolute Gasteiger partial charge is 0.394 e. The highest BCUT2D eigenvalue weighted by atomic mass is 32.2.